The molecule has 0 aromatic rings. The van der Waals surface area contributed by atoms with Gasteiger partial charge >= 0.3 is 5.97 Å². The van der Waals surface area contributed by atoms with Gasteiger partial charge < -0.3 is 15.6 Å². The molecule has 0 radical (unpaired) electrons. The van der Waals surface area contributed by atoms with Crippen LogP contribution >= 0.6 is 0 Å². The maximum atomic E-state index is 10.3. The molecule has 0 heterocycles. The molecule has 0 aromatic heterocycles. The van der Waals surface area contributed by atoms with E-state index in [0.717, 1.165) is 12.8 Å². The maximum absolute atomic E-state index is 10.3. The summed E-state index contributed by atoms with van der Waals surface area (Å²) in [4.78, 5) is 10.3. The lowest BCUT2D eigenvalue weighted by Gasteiger charge is -2.37. The van der Waals surface area contributed by atoms with Crippen LogP contribution in [0.5, 0.6) is 0 Å². The van der Waals surface area contributed by atoms with Crippen molar-refractivity contribution >= 4 is 5.97 Å². The normalized spacial score (nSPS) is 30.8. The number of hydrogen-bond donors (Lipinski definition) is 2. The van der Waals surface area contributed by atoms with Crippen molar-refractivity contribution in [1.29, 1.82) is 0 Å². The predicted molar refractivity (Wildman–Crippen MR) is 43.7 cm³/mol. The standard InChI is InChI=1S/C8H15NO3/c1-12-6-2-5(3-6)7(9)4-8(10)11/h5-7H,2-4,9H2,1H3,(H,10,11). The fourth-order valence-corrected chi connectivity index (χ4v) is 1.52. The van der Waals surface area contributed by atoms with Crippen molar-refractivity contribution in [3.8, 4) is 0 Å². The average Bonchev–Trinajstić information content (AvgIpc) is 1.82. The van der Waals surface area contributed by atoms with Crippen molar-refractivity contribution < 1.29 is 14.6 Å². The van der Waals surface area contributed by atoms with Gasteiger partial charge in [-0.1, -0.05) is 0 Å². The molecule has 0 spiro atoms. The fourth-order valence-electron chi connectivity index (χ4n) is 1.52. The fraction of sp³-hybridized carbons (Fsp3) is 0.875. The largest absolute Gasteiger partial charge is 0.481 e. The van der Waals surface area contributed by atoms with E-state index in [1.807, 2.05) is 0 Å². The summed E-state index contributed by atoms with van der Waals surface area (Å²) in [5.41, 5.74) is 5.66. The van der Waals surface area contributed by atoms with Gasteiger partial charge in [-0.25, -0.2) is 0 Å². The minimum absolute atomic E-state index is 0.0705. The van der Waals surface area contributed by atoms with E-state index in [0.29, 0.717) is 12.0 Å². The first-order chi connectivity index (χ1) is 5.63. The molecule has 1 rings (SSSR count). The molecule has 1 unspecified atom stereocenters. The maximum Gasteiger partial charge on any atom is 0.304 e. The van der Waals surface area contributed by atoms with E-state index in [4.69, 9.17) is 15.6 Å². The van der Waals surface area contributed by atoms with Crippen molar-refractivity contribution in [3.05, 3.63) is 0 Å². The smallest absolute Gasteiger partial charge is 0.304 e. The molecule has 12 heavy (non-hydrogen) atoms. The number of methoxy groups -OCH3 is 1. The summed E-state index contributed by atoms with van der Waals surface area (Å²) in [7, 11) is 1.67. The Kier molecular flexibility index (Phi) is 3.05. The molecule has 70 valence electrons. The van der Waals surface area contributed by atoms with E-state index < -0.39 is 5.97 Å². The number of carboxylic acids is 1. The van der Waals surface area contributed by atoms with Gasteiger partial charge in [0.25, 0.3) is 0 Å². The Balaban J connectivity index is 2.19. The highest BCUT2D eigenvalue weighted by Crippen LogP contribution is 2.32. The van der Waals surface area contributed by atoms with E-state index in [1.54, 1.807) is 7.11 Å². The summed E-state index contributed by atoms with van der Waals surface area (Å²) in [5.74, 6) is -0.477. The van der Waals surface area contributed by atoms with E-state index in [1.165, 1.54) is 0 Å². The molecule has 0 bridgehead atoms. The Bertz CT molecular complexity index is 166. The first-order valence-corrected chi connectivity index (χ1v) is 4.13. The quantitative estimate of drug-likeness (QED) is 0.637. The zero-order chi connectivity index (χ0) is 9.14. The summed E-state index contributed by atoms with van der Waals surface area (Å²) in [6.45, 7) is 0. The van der Waals surface area contributed by atoms with Crippen molar-refractivity contribution in [2.75, 3.05) is 7.11 Å². The molecule has 4 nitrogen and oxygen atoms in total. The summed E-state index contributed by atoms with van der Waals surface area (Å²) >= 11 is 0. The zero-order valence-electron chi connectivity index (χ0n) is 7.19. The predicted octanol–water partition coefficient (Wildman–Crippen LogP) is 0.213. The van der Waals surface area contributed by atoms with Gasteiger partial charge in [0.05, 0.1) is 12.5 Å². The molecule has 0 aromatic carbocycles. The summed E-state index contributed by atoms with van der Waals surface area (Å²) in [6, 6.07) is -0.200. The molecule has 4 heteroatoms. The second-order valence-corrected chi connectivity index (χ2v) is 3.35. The second-order valence-electron chi connectivity index (χ2n) is 3.35. The van der Waals surface area contributed by atoms with Crippen LogP contribution in [0.2, 0.25) is 0 Å². The highest BCUT2D eigenvalue weighted by molar-refractivity contribution is 5.67. The van der Waals surface area contributed by atoms with Crippen LogP contribution in [0.4, 0.5) is 0 Å². The molecular weight excluding hydrogens is 158 g/mol. The Hall–Kier alpha value is -0.610. The molecular formula is C8H15NO3. The lowest BCUT2D eigenvalue weighted by molar-refractivity contribution is -0.138. The Morgan fingerprint density at radius 1 is 1.75 bits per heavy atom. The van der Waals surface area contributed by atoms with Crippen LogP contribution in [0.1, 0.15) is 19.3 Å². The Labute approximate surface area is 71.7 Å². The zero-order valence-corrected chi connectivity index (χ0v) is 7.19. The minimum Gasteiger partial charge on any atom is -0.481 e. The first kappa shape index (κ1) is 9.48. The van der Waals surface area contributed by atoms with Gasteiger partial charge in [-0.2, -0.15) is 0 Å². The van der Waals surface area contributed by atoms with Crippen LogP contribution in [0.15, 0.2) is 0 Å². The Morgan fingerprint density at radius 3 is 2.75 bits per heavy atom. The number of ether oxygens (including phenoxy) is 1. The average molecular weight is 173 g/mol. The third-order valence-electron chi connectivity index (χ3n) is 2.48. The molecule has 3 N–H and O–H groups in total. The Morgan fingerprint density at radius 2 is 2.33 bits per heavy atom. The van der Waals surface area contributed by atoms with Crippen LogP contribution in [-0.4, -0.2) is 30.3 Å². The highest BCUT2D eigenvalue weighted by atomic mass is 16.5. The van der Waals surface area contributed by atoms with Crippen molar-refractivity contribution in [2.45, 2.75) is 31.4 Å². The SMILES string of the molecule is COC1CC(C(N)CC(=O)O)C1. The van der Waals surface area contributed by atoms with Gasteiger partial charge in [0.2, 0.25) is 0 Å². The number of hydrogen-bond acceptors (Lipinski definition) is 3. The molecule has 1 saturated carbocycles. The lowest BCUT2D eigenvalue weighted by Crippen LogP contribution is -2.43. The van der Waals surface area contributed by atoms with Crippen LogP contribution in [0.25, 0.3) is 0 Å². The van der Waals surface area contributed by atoms with Gasteiger partial charge in [-0.15, -0.1) is 0 Å². The van der Waals surface area contributed by atoms with Crippen molar-refractivity contribution in [3.63, 3.8) is 0 Å². The van der Waals surface area contributed by atoms with E-state index in [9.17, 15) is 4.79 Å². The third-order valence-corrected chi connectivity index (χ3v) is 2.48. The molecule has 0 saturated heterocycles. The number of carboxylic acid groups (broad SMARTS) is 1. The van der Waals surface area contributed by atoms with E-state index in [2.05, 4.69) is 0 Å². The van der Waals surface area contributed by atoms with Gasteiger partial charge in [-0.3, -0.25) is 4.79 Å². The molecule has 1 aliphatic rings. The topological polar surface area (TPSA) is 72.5 Å². The third kappa shape index (κ3) is 2.19. The number of nitrogens with two attached hydrogens (primary N) is 1. The van der Waals surface area contributed by atoms with Gasteiger partial charge in [0.1, 0.15) is 0 Å². The van der Waals surface area contributed by atoms with Crippen molar-refractivity contribution in [2.24, 2.45) is 11.7 Å². The second kappa shape index (κ2) is 3.87. The van der Waals surface area contributed by atoms with Gasteiger partial charge in [0, 0.05) is 13.2 Å². The van der Waals surface area contributed by atoms with Crippen LogP contribution in [0.3, 0.4) is 0 Å². The van der Waals surface area contributed by atoms with Gasteiger partial charge in [0.15, 0.2) is 0 Å². The van der Waals surface area contributed by atoms with Crippen LogP contribution < -0.4 is 5.73 Å². The van der Waals surface area contributed by atoms with Crippen LogP contribution in [-0.2, 0) is 9.53 Å². The number of carbonyl (C=O) groups is 1. The number of rotatable bonds is 4. The molecule has 0 amide bonds. The van der Waals surface area contributed by atoms with Gasteiger partial charge in [-0.05, 0) is 18.8 Å². The first-order valence-electron chi connectivity index (χ1n) is 4.13. The van der Waals surface area contributed by atoms with Crippen molar-refractivity contribution in [1.82, 2.24) is 0 Å². The summed E-state index contributed by atoms with van der Waals surface area (Å²) in [5, 5.41) is 8.46. The molecule has 1 fully saturated rings. The minimum atomic E-state index is -0.816. The lowest BCUT2D eigenvalue weighted by atomic mass is 9.76. The monoisotopic (exact) mass is 173 g/mol. The highest BCUT2D eigenvalue weighted by Gasteiger charge is 2.34. The van der Waals surface area contributed by atoms with E-state index >= 15 is 0 Å². The summed E-state index contributed by atoms with van der Waals surface area (Å²) in [6.07, 6.45) is 2.19. The summed E-state index contributed by atoms with van der Waals surface area (Å²) < 4.78 is 5.07. The molecule has 1 aliphatic carbocycles. The van der Waals surface area contributed by atoms with Crippen LogP contribution in [0, 0.1) is 5.92 Å². The number of aliphatic carboxylic acids is 1. The molecule has 0 aliphatic heterocycles. The van der Waals surface area contributed by atoms with E-state index in [-0.39, 0.29) is 12.5 Å². The molecule has 1 atom stereocenters.